The first-order valence-corrected chi connectivity index (χ1v) is 9.74. The van der Waals surface area contributed by atoms with E-state index in [4.69, 9.17) is 14.5 Å². The van der Waals surface area contributed by atoms with Crippen LogP contribution in [0.15, 0.2) is 24.4 Å². The zero-order valence-electron chi connectivity index (χ0n) is 16.4. The van der Waals surface area contributed by atoms with E-state index in [1.807, 2.05) is 29.3 Å². The van der Waals surface area contributed by atoms with Gasteiger partial charge in [-0.25, -0.2) is 9.97 Å². The zero-order valence-corrected chi connectivity index (χ0v) is 16.4. The van der Waals surface area contributed by atoms with Crippen LogP contribution in [0.3, 0.4) is 0 Å². The van der Waals surface area contributed by atoms with E-state index in [9.17, 15) is 4.79 Å². The molecule has 0 aliphatic carbocycles. The first-order chi connectivity index (χ1) is 13.7. The predicted octanol–water partition coefficient (Wildman–Crippen LogP) is 2.05. The summed E-state index contributed by atoms with van der Waals surface area (Å²) < 4.78 is 10.6. The van der Waals surface area contributed by atoms with Crippen LogP contribution in [0.5, 0.6) is 11.5 Å². The number of amides is 1. The third kappa shape index (κ3) is 3.80. The second kappa shape index (κ2) is 8.14. The van der Waals surface area contributed by atoms with Crippen LogP contribution >= 0.6 is 0 Å². The fourth-order valence-electron chi connectivity index (χ4n) is 3.89. The molecule has 0 unspecified atom stereocenters. The van der Waals surface area contributed by atoms with Crippen LogP contribution in [-0.4, -0.2) is 48.1 Å². The lowest BCUT2D eigenvalue weighted by Crippen LogP contribution is -2.37. The Morgan fingerprint density at radius 2 is 2.14 bits per heavy atom. The Morgan fingerprint density at radius 3 is 2.89 bits per heavy atom. The molecule has 148 valence electrons. The average Bonchev–Trinajstić information content (AvgIpc) is 3.27. The fraction of sp³-hybridized carbons (Fsp3) is 0.476. The number of benzene rings is 1. The van der Waals surface area contributed by atoms with E-state index in [0.717, 1.165) is 42.0 Å². The number of rotatable bonds is 5. The molecule has 1 aromatic carbocycles. The van der Waals surface area contributed by atoms with Gasteiger partial charge in [-0.3, -0.25) is 4.79 Å². The highest BCUT2D eigenvalue weighted by Crippen LogP contribution is 2.28. The average molecular weight is 382 g/mol. The maximum atomic E-state index is 12.8. The van der Waals surface area contributed by atoms with E-state index in [-0.39, 0.29) is 11.9 Å². The first kappa shape index (κ1) is 18.7. The summed E-state index contributed by atoms with van der Waals surface area (Å²) >= 11 is 0. The van der Waals surface area contributed by atoms with Gasteiger partial charge in [-0.15, -0.1) is 0 Å². The van der Waals surface area contributed by atoms with E-state index in [0.29, 0.717) is 31.0 Å². The molecule has 0 saturated carbocycles. The molecule has 4 rings (SSSR count). The topological polar surface area (TPSA) is 76.6 Å². The Labute approximate surface area is 165 Å². The van der Waals surface area contributed by atoms with Crippen LogP contribution in [0.4, 0.5) is 0 Å². The van der Waals surface area contributed by atoms with E-state index in [1.54, 1.807) is 14.2 Å². The molecule has 7 heteroatoms. The minimum atomic E-state index is 0.0967. The molecule has 2 aromatic rings. The van der Waals surface area contributed by atoms with Crippen LogP contribution in [0.2, 0.25) is 0 Å². The van der Waals surface area contributed by atoms with Gasteiger partial charge >= 0.3 is 0 Å². The number of fused-ring (bicyclic) bond motifs is 1. The number of nitrogens with one attached hydrogen (secondary N) is 1. The van der Waals surface area contributed by atoms with E-state index >= 15 is 0 Å². The Bertz CT molecular complexity index is 865. The molecule has 2 aliphatic rings. The molecular formula is C21H26N4O3. The second-order valence-electron chi connectivity index (χ2n) is 7.28. The van der Waals surface area contributed by atoms with Crippen LogP contribution in [0, 0.1) is 0 Å². The fourth-order valence-corrected chi connectivity index (χ4v) is 3.89. The van der Waals surface area contributed by atoms with Crippen molar-refractivity contribution in [2.75, 3.05) is 27.3 Å². The molecule has 1 amide bonds. The van der Waals surface area contributed by atoms with Gasteiger partial charge in [0.2, 0.25) is 5.91 Å². The third-order valence-electron chi connectivity index (χ3n) is 5.48. The van der Waals surface area contributed by atoms with Gasteiger partial charge in [-0.2, -0.15) is 0 Å². The van der Waals surface area contributed by atoms with Gasteiger partial charge in [0.25, 0.3) is 0 Å². The molecular weight excluding hydrogens is 356 g/mol. The van der Waals surface area contributed by atoms with Gasteiger partial charge in [-0.05, 0) is 37.1 Å². The smallest absolute Gasteiger partial charge is 0.227 e. The van der Waals surface area contributed by atoms with E-state index in [1.165, 1.54) is 6.42 Å². The Hall–Kier alpha value is -2.67. The highest BCUT2D eigenvalue weighted by Gasteiger charge is 2.25. The molecule has 0 radical (unpaired) electrons. The number of hydrogen-bond acceptors (Lipinski definition) is 6. The summed E-state index contributed by atoms with van der Waals surface area (Å²) in [7, 11) is 3.20. The molecule has 1 saturated heterocycles. The Kier molecular flexibility index (Phi) is 5.43. The van der Waals surface area contributed by atoms with Gasteiger partial charge in [0.05, 0.1) is 32.4 Å². The number of carbonyl (C=O) groups is 1. The van der Waals surface area contributed by atoms with Crippen molar-refractivity contribution in [1.29, 1.82) is 0 Å². The van der Waals surface area contributed by atoms with Crippen molar-refractivity contribution >= 4 is 5.91 Å². The number of aromatic nitrogens is 2. The number of hydrogen-bond donors (Lipinski definition) is 1. The van der Waals surface area contributed by atoms with Crippen LogP contribution in [0.25, 0.3) is 0 Å². The molecule has 3 heterocycles. The van der Waals surface area contributed by atoms with E-state index < -0.39 is 0 Å². The lowest BCUT2D eigenvalue weighted by atomic mass is 10.0. The standard InChI is InChI=1S/C21H26N4O3/c1-27-18-6-5-14(10-19(18)28-2)11-20(26)25-9-7-16-15(13-25)12-23-21(24-16)17-4-3-8-22-17/h5-6,10,12,17,22H,3-4,7-9,11,13H2,1-2H3/t17-/m1/s1. The quantitative estimate of drug-likeness (QED) is 0.853. The third-order valence-corrected chi connectivity index (χ3v) is 5.48. The summed E-state index contributed by atoms with van der Waals surface area (Å²) in [6.45, 7) is 2.29. The molecule has 0 spiro atoms. The SMILES string of the molecule is COc1ccc(CC(=O)N2CCc3nc([C@H]4CCCN4)ncc3C2)cc1OC. The number of ether oxygens (including phenoxy) is 2. The molecule has 0 bridgehead atoms. The van der Waals surface area contributed by atoms with Crippen molar-refractivity contribution in [3.05, 3.63) is 47.0 Å². The van der Waals surface area contributed by atoms with Gasteiger partial charge in [0.15, 0.2) is 11.5 Å². The molecule has 2 aliphatic heterocycles. The van der Waals surface area contributed by atoms with Crippen molar-refractivity contribution < 1.29 is 14.3 Å². The number of carbonyl (C=O) groups excluding carboxylic acids is 1. The molecule has 1 aromatic heterocycles. The summed E-state index contributed by atoms with van der Waals surface area (Å²) in [5, 5.41) is 3.44. The van der Waals surface area contributed by atoms with Crippen molar-refractivity contribution in [1.82, 2.24) is 20.2 Å². The van der Waals surface area contributed by atoms with Crippen LogP contribution in [-0.2, 0) is 24.2 Å². The minimum Gasteiger partial charge on any atom is -0.493 e. The van der Waals surface area contributed by atoms with Crippen molar-refractivity contribution in [3.63, 3.8) is 0 Å². The summed E-state index contributed by atoms with van der Waals surface area (Å²) in [6, 6.07) is 5.87. The first-order valence-electron chi connectivity index (χ1n) is 9.74. The highest BCUT2D eigenvalue weighted by atomic mass is 16.5. The monoisotopic (exact) mass is 382 g/mol. The van der Waals surface area contributed by atoms with Crippen LogP contribution in [0.1, 0.15) is 41.5 Å². The maximum Gasteiger partial charge on any atom is 0.227 e. The summed E-state index contributed by atoms with van der Waals surface area (Å²) in [5.74, 6) is 2.29. The molecule has 7 nitrogen and oxygen atoms in total. The van der Waals surface area contributed by atoms with Crippen molar-refractivity contribution in [3.8, 4) is 11.5 Å². The van der Waals surface area contributed by atoms with E-state index in [2.05, 4.69) is 10.3 Å². The van der Waals surface area contributed by atoms with Crippen molar-refractivity contribution in [2.45, 2.75) is 38.3 Å². The normalized spacial score (nSPS) is 18.6. The zero-order chi connectivity index (χ0) is 19.5. The molecule has 1 N–H and O–H groups in total. The number of methoxy groups -OCH3 is 2. The van der Waals surface area contributed by atoms with Gasteiger partial charge in [-0.1, -0.05) is 6.07 Å². The predicted molar refractivity (Wildman–Crippen MR) is 104 cm³/mol. The largest absolute Gasteiger partial charge is 0.493 e. The molecule has 1 atom stereocenters. The minimum absolute atomic E-state index is 0.0967. The highest BCUT2D eigenvalue weighted by molar-refractivity contribution is 5.79. The lowest BCUT2D eigenvalue weighted by Gasteiger charge is -2.28. The summed E-state index contributed by atoms with van der Waals surface area (Å²) in [5.41, 5.74) is 3.04. The van der Waals surface area contributed by atoms with Gasteiger partial charge < -0.3 is 19.7 Å². The summed E-state index contributed by atoms with van der Waals surface area (Å²) in [6.07, 6.45) is 5.27. The number of nitrogens with zero attached hydrogens (tertiary/aromatic N) is 3. The van der Waals surface area contributed by atoms with Crippen molar-refractivity contribution in [2.24, 2.45) is 0 Å². The Morgan fingerprint density at radius 1 is 1.29 bits per heavy atom. The maximum absolute atomic E-state index is 12.8. The summed E-state index contributed by atoms with van der Waals surface area (Å²) in [4.78, 5) is 24.0. The van der Waals surface area contributed by atoms with Gasteiger partial charge in [0.1, 0.15) is 5.82 Å². The second-order valence-corrected chi connectivity index (χ2v) is 7.28. The molecule has 1 fully saturated rings. The van der Waals surface area contributed by atoms with Gasteiger partial charge in [0, 0.05) is 31.3 Å². The molecule has 28 heavy (non-hydrogen) atoms. The Balaban J connectivity index is 1.43. The van der Waals surface area contributed by atoms with Crippen LogP contribution < -0.4 is 14.8 Å². The lowest BCUT2D eigenvalue weighted by molar-refractivity contribution is -0.131.